The van der Waals surface area contributed by atoms with Crippen molar-refractivity contribution in [1.29, 1.82) is 0 Å². The lowest BCUT2D eigenvalue weighted by Crippen LogP contribution is -2.24. The van der Waals surface area contributed by atoms with Crippen LogP contribution in [0.3, 0.4) is 0 Å². The van der Waals surface area contributed by atoms with E-state index in [1.54, 1.807) is 12.1 Å². The Bertz CT molecular complexity index is 1030. The number of esters is 1. The van der Waals surface area contributed by atoms with Crippen molar-refractivity contribution in [3.05, 3.63) is 66.2 Å². The van der Waals surface area contributed by atoms with Crippen LogP contribution in [0.2, 0.25) is 0 Å². The predicted molar refractivity (Wildman–Crippen MR) is 99.0 cm³/mol. The van der Waals surface area contributed by atoms with Crippen LogP contribution >= 0.6 is 0 Å². The number of carbonyl (C=O) groups is 2. The number of ketones is 1. The van der Waals surface area contributed by atoms with Gasteiger partial charge in [-0.25, -0.2) is 17.9 Å². The first-order valence-electron chi connectivity index (χ1n) is 8.21. The summed E-state index contributed by atoms with van der Waals surface area (Å²) < 4.78 is 42.0. The molecule has 0 bridgehead atoms. The van der Waals surface area contributed by atoms with Crippen molar-refractivity contribution in [2.45, 2.75) is 4.90 Å². The average Bonchev–Trinajstić information content (AvgIpc) is 3.18. The first kappa shape index (κ1) is 19.6. The Morgan fingerprint density at radius 2 is 1.89 bits per heavy atom. The van der Waals surface area contributed by atoms with Gasteiger partial charge in [0.05, 0.1) is 10.5 Å². The van der Waals surface area contributed by atoms with Crippen molar-refractivity contribution in [2.75, 3.05) is 19.9 Å². The largest absolute Gasteiger partial charge is 0.454 e. The lowest BCUT2D eigenvalue weighted by Gasteiger charge is -2.08. The Morgan fingerprint density at radius 1 is 1.11 bits per heavy atom. The van der Waals surface area contributed by atoms with E-state index in [0.29, 0.717) is 17.1 Å². The maximum absolute atomic E-state index is 12.2. The third-order valence-corrected chi connectivity index (χ3v) is 5.25. The third kappa shape index (κ3) is 4.38. The molecule has 0 aliphatic carbocycles. The zero-order valence-corrected chi connectivity index (χ0v) is 15.5. The highest BCUT2D eigenvalue weighted by molar-refractivity contribution is 7.89. The van der Waals surface area contributed by atoms with Gasteiger partial charge >= 0.3 is 5.97 Å². The zero-order chi connectivity index (χ0) is 20.1. The number of nitrogens with one attached hydrogen (secondary N) is 1. The van der Waals surface area contributed by atoms with Gasteiger partial charge in [0.1, 0.15) is 0 Å². The highest BCUT2D eigenvalue weighted by atomic mass is 32.2. The minimum atomic E-state index is -3.78. The molecule has 2 aromatic carbocycles. The van der Waals surface area contributed by atoms with E-state index in [9.17, 15) is 18.0 Å². The Hall–Kier alpha value is -3.17. The van der Waals surface area contributed by atoms with E-state index in [-0.39, 0.29) is 23.8 Å². The van der Waals surface area contributed by atoms with Gasteiger partial charge in [-0.05, 0) is 36.4 Å². The summed E-state index contributed by atoms with van der Waals surface area (Å²) >= 11 is 0. The van der Waals surface area contributed by atoms with Crippen LogP contribution in [0.4, 0.5) is 0 Å². The van der Waals surface area contributed by atoms with E-state index < -0.39 is 28.4 Å². The normalized spacial score (nSPS) is 12.4. The molecular formula is C19H17NO7S. The number of carbonyl (C=O) groups excluding carboxylic acids is 2. The molecule has 8 nitrogen and oxygen atoms in total. The van der Waals surface area contributed by atoms with Gasteiger partial charge in [0.15, 0.2) is 23.9 Å². The molecule has 0 amide bonds. The summed E-state index contributed by atoms with van der Waals surface area (Å²) in [5, 5.41) is 0. The van der Waals surface area contributed by atoms with Gasteiger partial charge in [-0.2, -0.15) is 0 Å². The molecular weight excluding hydrogens is 386 g/mol. The zero-order valence-electron chi connectivity index (χ0n) is 14.7. The van der Waals surface area contributed by atoms with Crippen molar-refractivity contribution >= 4 is 21.8 Å². The number of hydrogen-bond donors (Lipinski definition) is 1. The van der Waals surface area contributed by atoms with E-state index >= 15 is 0 Å². The second-order valence-corrected chi connectivity index (χ2v) is 7.50. The molecule has 9 heteroatoms. The summed E-state index contributed by atoms with van der Waals surface area (Å²) in [4.78, 5) is 24.4. The maximum atomic E-state index is 12.2. The van der Waals surface area contributed by atoms with E-state index in [1.165, 1.54) is 36.4 Å². The number of sulfonamides is 1. The van der Waals surface area contributed by atoms with Crippen LogP contribution in [-0.2, 0) is 14.8 Å². The van der Waals surface area contributed by atoms with Crippen molar-refractivity contribution < 1.29 is 32.2 Å². The van der Waals surface area contributed by atoms with Crippen LogP contribution < -0.4 is 14.2 Å². The molecule has 0 radical (unpaired) electrons. The number of Topliss-reactive ketones (excluding diaryl/α,β-unsaturated/α-hetero) is 1. The number of rotatable bonds is 8. The van der Waals surface area contributed by atoms with E-state index in [4.69, 9.17) is 14.2 Å². The average molecular weight is 403 g/mol. The van der Waals surface area contributed by atoms with Crippen LogP contribution in [0.1, 0.15) is 20.7 Å². The summed E-state index contributed by atoms with van der Waals surface area (Å²) in [5.74, 6) is -0.253. The highest BCUT2D eigenvalue weighted by Gasteiger charge is 2.19. The first-order chi connectivity index (χ1) is 13.4. The molecule has 1 heterocycles. The van der Waals surface area contributed by atoms with Gasteiger partial charge in [-0.1, -0.05) is 12.1 Å². The monoisotopic (exact) mass is 403 g/mol. The molecule has 146 valence electrons. The molecule has 1 aliphatic rings. The lowest BCUT2D eigenvalue weighted by molar-refractivity contribution is 0.0474. The summed E-state index contributed by atoms with van der Waals surface area (Å²) in [7, 11) is -3.78. The van der Waals surface area contributed by atoms with Crippen molar-refractivity contribution in [3.8, 4) is 11.5 Å². The molecule has 0 unspecified atom stereocenters. The number of ether oxygens (including phenoxy) is 3. The molecule has 3 rings (SSSR count). The predicted octanol–water partition coefficient (Wildman–Crippen LogP) is 1.92. The molecule has 2 aromatic rings. The standard InChI is InChI=1S/C19H17NO7S/c1-2-8-20-28(23,24)15-5-3-4-14(9-15)19(22)25-11-16(21)13-6-7-17-18(10-13)27-12-26-17/h2-7,9-10,20H,1,8,11-12H2. The highest BCUT2D eigenvalue weighted by Crippen LogP contribution is 2.32. The van der Waals surface area contributed by atoms with Gasteiger partial charge < -0.3 is 14.2 Å². The molecule has 0 saturated carbocycles. The van der Waals surface area contributed by atoms with Gasteiger partial charge in [0.2, 0.25) is 16.8 Å². The van der Waals surface area contributed by atoms with Crippen molar-refractivity contribution in [1.82, 2.24) is 4.72 Å². The third-order valence-electron chi connectivity index (χ3n) is 3.83. The number of fused-ring (bicyclic) bond motifs is 1. The Kier molecular flexibility index (Phi) is 5.76. The maximum Gasteiger partial charge on any atom is 0.338 e. The Balaban J connectivity index is 1.66. The van der Waals surface area contributed by atoms with Crippen LogP contribution in [-0.4, -0.2) is 40.1 Å². The van der Waals surface area contributed by atoms with E-state index in [2.05, 4.69) is 11.3 Å². The van der Waals surface area contributed by atoms with Crippen LogP contribution in [0.5, 0.6) is 11.5 Å². The van der Waals surface area contributed by atoms with Crippen LogP contribution in [0, 0.1) is 0 Å². The van der Waals surface area contributed by atoms with Gasteiger partial charge in [-0.3, -0.25) is 4.79 Å². The molecule has 0 spiro atoms. The molecule has 0 saturated heterocycles. The van der Waals surface area contributed by atoms with Crippen molar-refractivity contribution in [3.63, 3.8) is 0 Å². The molecule has 0 fully saturated rings. The van der Waals surface area contributed by atoms with Gasteiger partial charge in [0.25, 0.3) is 0 Å². The summed E-state index contributed by atoms with van der Waals surface area (Å²) in [6.07, 6.45) is 1.40. The Morgan fingerprint density at radius 3 is 2.68 bits per heavy atom. The minimum absolute atomic E-state index is 0.0139. The fourth-order valence-corrected chi connectivity index (χ4v) is 3.45. The van der Waals surface area contributed by atoms with Gasteiger partial charge in [-0.15, -0.1) is 6.58 Å². The van der Waals surface area contributed by atoms with E-state index in [1.807, 2.05) is 0 Å². The number of benzene rings is 2. The molecule has 0 aromatic heterocycles. The molecule has 0 atom stereocenters. The fraction of sp³-hybridized carbons (Fsp3) is 0.158. The number of hydrogen-bond acceptors (Lipinski definition) is 7. The summed E-state index contributed by atoms with van der Waals surface area (Å²) in [5.41, 5.74) is 0.321. The molecule has 28 heavy (non-hydrogen) atoms. The topological polar surface area (TPSA) is 108 Å². The van der Waals surface area contributed by atoms with Crippen LogP contribution in [0.25, 0.3) is 0 Å². The fourth-order valence-electron chi connectivity index (χ4n) is 2.41. The first-order valence-corrected chi connectivity index (χ1v) is 9.69. The summed E-state index contributed by atoms with van der Waals surface area (Å²) in [6.45, 7) is 3.09. The van der Waals surface area contributed by atoms with Crippen molar-refractivity contribution in [2.24, 2.45) is 0 Å². The molecule has 1 N–H and O–H groups in total. The van der Waals surface area contributed by atoms with Gasteiger partial charge in [0, 0.05) is 12.1 Å². The minimum Gasteiger partial charge on any atom is -0.454 e. The van der Waals surface area contributed by atoms with E-state index in [0.717, 1.165) is 0 Å². The van der Waals surface area contributed by atoms with Crippen LogP contribution in [0.15, 0.2) is 60.0 Å². The lowest BCUT2D eigenvalue weighted by atomic mass is 10.1. The molecule has 1 aliphatic heterocycles. The summed E-state index contributed by atoms with van der Waals surface area (Å²) in [6, 6.07) is 10.00. The Labute approximate surface area is 161 Å². The smallest absolute Gasteiger partial charge is 0.338 e. The SMILES string of the molecule is C=CCNS(=O)(=O)c1cccc(C(=O)OCC(=O)c2ccc3c(c2)OCO3)c1. The quantitative estimate of drug-likeness (QED) is 0.407. The second kappa shape index (κ2) is 8.24. The second-order valence-electron chi connectivity index (χ2n) is 5.74.